The van der Waals surface area contributed by atoms with Crippen molar-refractivity contribution >= 4 is 0 Å². The molecule has 14 heavy (non-hydrogen) atoms. The van der Waals surface area contributed by atoms with Crippen molar-refractivity contribution in [1.82, 2.24) is 15.2 Å². The quantitative estimate of drug-likeness (QED) is 0.768. The molecule has 1 atom stereocenters. The third kappa shape index (κ3) is 2.30. The Morgan fingerprint density at radius 3 is 3.21 bits per heavy atom. The number of hydrogen-bond donors (Lipinski definition) is 1. The van der Waals surface area contributed by atoms with Gasteiger partial charge in [0.15, 0.2) is 0 Å². The Labute approximate surface area is 85.1 Å². The molecule has 1 N–H and O–H groups in total. The first kappa shape index (κ1) is 9.62. The minimum Gasteiger partial charge on any atom is -0.315 e. The molecule has 2 rings (SSSR count). The lowest BCUT2D eigenvalue weighted by Gasteiger charge is -2.23. The topological polar surface area (TPSA) is 28.2 Å². The molecule has 1 aliphatic heterocycles. The molecule has 1 fully saturated rings. The molecule has 76 valence electrons. The molecule has 3 nitrogen and oxygen atoms in total. The number of hydrogen-bond acceptors (Lipinski definition) is 3. The number of nitrogens with one attached hydrogen (secondary N) is 1. The van der Waals surface area contributed by atoms with Crippen LogP contribution in [0.3, 0.4) is 0 Å². The zero-order valence-electron chi connectivity index (χ0n) is 8.61. The Morgan fingerprint density at radius 2 is 2.57 bits per heavy atom. The van der Waals surface area contributed by atoms with Gasteiger partial charge in [-0.25, -0.2) is 0 Å². The molecule has 1 aliphatic rings. The SMILES string of the molecule is CN(Cc1cccnc1)C1CCNC1. The van der Waals surface area contributed by atoms with Crippen LogP contribution in [0, 0.1) is 0 Å². The lowest BCUT2D eigenvalue weighted by molar-refractivity contribution is 0.248. The van der Waals surface area contributed by atoms with E-state index < -0.39 is 0 Å². The van der Waals surface area contributed by atoms with Gasteiger partial charge in [-0.15, -0.1) is 0 Å². The maximum atomic E-state index is 4.12. The average molecular weight is 191 g/mol. The van der Waals surface area contributed by atoms with Crippen LogP contribution in [0.15, 0.2) is 24.5 Å². The van der Waals surface area contributed by atoms with E-state index in [1.807, 2.05) is 18.5 Å². The molecule has 0 amide bonds. The van der Waals surface area contributed by atoms with Crippen LogP contribution in [0.1, 0.15) is 12.0 Å². The molecule has 0 spiro atoms. The minimum atomic E-state index is 0.690. The summed E-state index contributed by atoms with van der Waals surface area (Å²) in [6, 6.07) is 4.82. The predicted octanol–water partition coefficient (Wildman–Crippen LogP) is 0.875. The van der Waals surface area contributed by atoms with Gasteiger partial charge in [0.2, 0.25) is 0 Å². The second-order valence-corrected chi connectivity index (χ2v) is 3.92. The maximum Gasteiger partial charge on any atom is 0.0312 e. The Kier molecular flexibility index (Phi) is 3.11. The van der Waals surface area contributed by atoms with E-state index in [4.69, 9.17) is 0 Å². The zero-order chi connectivity index (χ0) is 9.80. The second-order valence-electron chi connectivity index (χ2n) is 3.92. The normalized spacial score (nSPS) is 21.7. The number of rotatable bonds is 3. The van der Waals surface area contributed by atoms with Crippen LogP contribution in [-0.2, 0) is 6.54 Å². The van der Waals surface area contributed by atoms with E-state index in [2.05, 4.69) is 28.3 Å². The average Bonchev–Trinajstić information content (AvgIpc) is 2.72. The van der Waals surface area contributed by atoms with Gasteiger partial charge in [-0.1, -0.05) is 6.07 Å². The highest BCUT2D eigenvalue weighted by Crippen LogP contribution is 2.09. The van der Waals surface area contributed by atoms with Crippen molar-refractivity contribution in [2.75, 3.05) is 20.1 Å². The molecular weight excluding hydrogens is 174 g/mol. The summed E-state index contributed by atoms with van der Waals surface area (Å²) in [5.41, 5.74) is 1.29. The van der Waals surface area contributed by atoms with Gasteiger partial charge in [0, 0.05) is 31.5 Å². The van der Waals surface area contributed by atoms with Crippen LogP contribution in [0.2, 0.25) is 0 Å². The molecule has 3 heteroatoms. The van der Waals surface area contributed by atoms with E-state index >= 15 is 0 Å². The molecule has 1 aromatic heterocycles. The summed E-state index contributed by atoms with van der Waals surface area (Å²) in [7, 11) is 2.19. The monoisotopic (exact) mass is 191 g/mol. The van der Waals surface area contributed by atoms with Gasteiger partial charge < -0.3 is 5.32 Å². The molecule has 1 unspecified atom stereocenters. The summed E-state index contributed by atoms with van der Waals surface area (Å²) in [6.45, 7) is 3.28. The van der Waals surface area contributed by atoms with Gasteiger partial charge in [0.25, 0.3) is 0 Å². The lowest BCUT2D eigenvalue weighted by Crippen LogP contribution is -2.32. The lowest BCUT2D eigenvalue weighted by atomic mass is 10.2. The first-order valence-electron chi connectivity index (χ1n) is 5.16. The summed E-state index contributed by atoms with van der Waals surface area (Å²) >= 11 is 0. The highest BCUT2D eigenvalue weighted by Gasteiger charge is 2.18. The number of nitrogens with zero attached hydrogens (tertiary/aromatic N) is 2. The van der Waals surface area contributed by atoms with Gasteiger partial charge in [-0.05, 0) is 31.6 Å². The molecule has 0 radical (unpaired) electrons. The van der Waals surface area contributed by atoms with Gasteiger partial charge in [0.1, 0.15) is 0 Å². The minimum absolute atomic E-state index is 0.690. The van der Waals surface area contributed by atoms with Crippen molar-refractivity contribution in [3.05, 3.63) is 30.1 Å². The van der Waals surface area contributed by atoms with Crippen LogP contribution in [0.5, 0.6) is 0 Å². The van der Waals surface area contributed by atoms with Crippen molar-refractivity contribution in [3.63, 3.8) is 0 Å². The van der Waals surface area contributed by atoms with Crippen LogP contribution < -0.4 is 5.32 Å². The van der Waals surface area contributed by atoms with Crippen molar-refractivity contribution < 1.29 is 0 Å². The molecular formula is C11H17N3. The summed E-state index contributed by atoms with van der Waals surface area (Å²) in [6.07, 6.45) is 5.02. The van der Waals surface area contributed by atoms with Crippen molar-refractivity contribution in [1.29, 1.82) is 0 Å². The van der Waals surface area contributed by atoms with Crippen LogP contribution >= 0.6 is 0 Å². The smallest absolute Gasteiger partial charge is 0.0312 e. The molecule has 0 saturated carbocycles. The predicted molar refractivity (Wildman–Crippen MR) is 57.0 cm³/mol. The maximum absolute atomic E-state index is 4.12. The number of likely N-dealkylation sites (N-methyl/N-ethyl adjacent to an activating group) is 1. The summed E-state index contributed by atoms with van der Waals surface area (Å²) in [4.78, 5) is 6.52. The fraction of sp³-hybridized carbons (Fsp3) is 0.545. The number of aromatic nitrogens is 1. The second kappa shape index (κ2) is 4.53. The molecule has 0 bridgehead atoms. The third-order valence-electron chi connectivity index (χ3n) is 2.81. The Balaban J connectivity index is 1.90. The van der Waals surface area contributed by atoms with E-state index in [1.165, 1.54) is 12.0 Å². The summed E-state index contributed by atoms with van der Waals surface area (Å²) in [5.74, 6) is 0. The Bertz CT molecular complexity index is 267. The van der Waals surface area contributed by atoms with Crippen molar-refractivity contribution in [3.8, 4) is 0 Å². The fourth-order valence-electron chi connectivity index (χ4n) is 1.92. The zero-order valence-corrected chi connectivity index (χ0v) is 8.61. The first-order valence-corrected chi connectivity index (χ1v) is 5.16. The molecule has 2 heterocycles. The molecule has 1 aromatic rings. The van der Waals surface area contributed by atoms with Crippen molar-refractivity contribution in [2.45, 2.75) is 19.0 Å². The van der Waals surface area contributed by atoms with Gasteiger partial charge >= 0.3 is 0 Å². The molecule has 0 aliphatic carbocycles. The summed E-state index contributed by atoms with van der Waals surface area (Å²) in [5, 5.41) is 3.38. The van der Waals surface area contributed by atoms with Gasteiger partial charge in [-0.3, -0.25) is 9.88 Å². The van der Waals surface area contributed by atoms with E-state index in [9.17, 15) is 0 Å². The fourth-order valence-corrected chi connectivity index (χ4v) is 1.92. The Hall–Kier alpha value is -0.930. The standard InChI is InChI=1S/C11H17N3/c1-14(11-4-6-13-8-11)9-10-3-2-5-12-7-10/h2-3,5,7,11,13H,4,6,8-9H2,1H3. The van der Waals surface area contributed by atoms with E-state index in [0.29, 0.717) is 6.04 Å². The largest absolute Gasteiger partial charge is 0.315 e. The van der Waals surface area contributed by atoms with Crippen LogP contribution in [0.4, 0.5) is 0 Å². The van der Waals surface area contributed by atoms with Crippen LogP contribution in [-0.4, -0.2) is 36.1 Å². The highest BCUT2D eigenvalue weighted by atomic mass is 15.2. The van der Waals surface area contributed by atoms with E-state index in [1.54, 1.807) is 0 Å². The molecule has 1 saturated heterocycles. The molecule has 0 aromatic carbocycles. The number of pyridine rings is 1. The van der Waals surface area contributed by atoms with Gasteiger partial charge in [0.05, 0.1) is 0 Å². The van der Waals surface area contributed by atoms with E-state index in [0.717, 1.165) is 19.6 Å². The first-order chi connectivity index (χ1) is 6.86. The third-order valence-corrected chi connectivity index (χ3v) is 2.81. The van der Waals surface area contributed by atoms with E-state index in [-0.39, 0.29) is 0 Å². The van der Waals surface area contributed by atoms with Crippen molar-refractivity contribution in [2.24, 2.45) is 0 Å². The Morgan fingerprint density at radius 1 is 1.64 bits per heavy atom. The van der Waals surface area contributed by atoms with Gasteiger partial charge in [-0.2, -0.15) is 0 Å². The highest BCUT2D eigenvalue weighted by molar-refractivity contribution is 5.08. The van der Waals surface area contributed by atoms with Crippen LogP contribution in [0.25, 0.3) is 0 Å². The summed E-state index contributed by atoms with van der Waals surface area (Å²) < 4.78 is 0.